The van der Waals surface area contributed by atoms with Crippen molar-refractivity contribution in [1.29, 1.82) is 5.26 Å². The first-order valence-corrected chi connectivity index (χ1v) is 6.82. The van der Waals surface area contributed by atoms with Crippen molar-refractivity contribution in [2.45, 2.75) is 25.7 Å². The Morgan fingerprint density at radius 1 is 1.48 bits per heavy atom. The van der Waals surface area contributed by atoms with Gasteiger partial charge in [-0.1, -0.05) is 24.4 Å². The average Bonchev–Trinajstić information content (AvgIpc) is 3.22. The van der Waals surface area contributed by atoms with Gasteiger partial charge in [-0.25, -0.2) is 4.99 Å². The van der Waals surface area contributed by atoms with Crippen molar-refractivity contribution in [3.05, 3.63) is 29.8 Å². The molecular weight excluding hydrogens is 288 g/mol. The second kappa shape index (κ2) is 7.02. The molecule has 0 radical (unpaired) electrons. The van der Waals surface area contributed by atoms with E-state index in [9.17, 15) is 0 Å². The van der Waals surface area contributed by atoms with E-state index in [1.165, 1.54) is 0 Å². The highest BCUT2D eigenvalue weighted by Crippen LogP contribution is 2.25. The molecule has 1 aliphatic rings. The van der Waals surface area contributed by atoms with Crippen molar-refractivity contribution >= 4 is 23.0 Å². The second-order valence-corrected chi connectivity index (χ2v) is 4.83. The number of nitriles is 1. The largest absolute Gasteiger partial charge is 0.496 e. The Balaban J connectivity index is 1.87. The number of rotatable bonds is 4. The number of hydrogen-bond donors (Lipinski definition) is 2. The highest BCUT2D eigenvalue weighted by Gasteiger charge is 2.38. The molecule has 0 saturated carbocycles. The van der Waals surface area contributed by atoms with Crippen LogP contribution in [0.1, 0.15) is 18.9 Å². The van der Waals surface area contributed by atoms with Crippen LogP contribution in [0.2, 0.25) is 0 Å². The van der Waals surface area contributed by atoms with Crippen LogP contribution in [0.5, 0.6) is 5.75 Å². The highest BCUT2D eigenvalue weighted by atomic mass is 32.1. The molecule has 1 aliphatic heterocycles. The minimum atomic E-state index is -0.237. The van der Waals surface area contributed by atoms with E-state index in [0.29, 0.717) is 23.0 Å². The number of nitrogens with one attached hydrogen (secondary N) is 2. The lowest BCUT2D eigenvalue weighted by Gasteiger charge is -2.12. The predicted molar refractivity (Wildman–Crippen MR) is 83.0 cm³/mol. The number of amidine groups is 1. The van der Waals surface area contributed by atoms with Crippen LogP contribution in [0.4, 0.5) is 0 Å². The molecule has 0 spiro atoms. The Morgan fingerprint density at radius 3 is 2.95 bits per heavy atom. The van der Waals surface area contributed by atoms with Gasteiger partial charge in [0.25, 0.3) is 0 Å². The molecule has 1 fully saturated rings. The molecule has 7 heteroatoms. The number of methoxy groups -OCH3 is 1. The number of aliphatic imine (C=N–C) groups is 1. The third-order valence-electron chi connectivity index (χ3n) is 2.88. The molecule has 1 saturated heterocycles. The summed E-state index contributed by atoms with van der Waals surface area (Å²) in [6.07, 6.45) is 0.0285. The van der Waals surface area contributed by atoms with Gasteiger partial charge in [-0.2, -0.15) is 5.26 Å². The fourth-order valence-electron chi connectivity index (χ4n) is 1.76. The Kier molecular flexibility index (Phi) is 5.09. The summed E-state index contributed by atoms with van der Waals surface area (Å²) in [6.45, 7) is 1.79. The van der Waals surface area contributed by atoms with Crippen molar-refractivity contribution in [2.24, 2.45) is 4.99 Å². The van der Waals surface area contributed by atoms with Crippen molar-refractivity contribution in [1.82, 2.24) is 10.9 Å². The maximum Gasteiger partial charge on any atom is 0.178 e. The van der Waals surface area contributed by atoms with E-state index in [2.05, 4.69) is 21.9 Å². The van der Waals surface area contributed by atoms with E-state index in [4.69, 9.17) is 27.0 Å². The molecular formula is C14H16N4O2S. The normalized spacial score (nSPS) is 20.3. The molecule has 21 heavy (non-hydrogen) atoms. The van der Waals surface area contributed by atoms with Crippen LogP contribution in [0.25, 0.3) is 0 Å². The van der Waals surface area contributed by atoms with Gasteiger partial charge in [0.05, 0.1) is 25.2 Å². The fraction of sp³-hybridized carbons (Fsp3) is 0.357. The van der Waals surface area contributed by atoms with Gasteiger partial charge < -0.3 is 9.47 Å². The molecule has 6 nitrogen and oxygen atoms in total. The zero-order valence-electron chi connectivity index (χ0n) is 11.8. The van der Waals surface area contributed by atoms with Gasteiger partial charge in [0, 0.05) is 0 Å². The maximum atomic E-state index is 8.54. The molecule has 2 unspecified atom stereocenters. The predicted octanol–water partition coefficient (Wildman–Crippen LogP) is 1.52. The smallest absolute Gasteiger partial charge is 0.178 e. The van der Waals surface area contributed by atoms with E-state index in [1.54, 1.807) is 14.0 Å². The lowest BCUT2D eigenvalue weighted by molar-refractivity contribution is 0.376. The Morgan fingerprint density at radius 2 is 2.24 bits per heavy atom. The number of para-hydroxylation sites is 1. The molecule has 1 aromatic rings. The van der Waals surface area contributed by atoms with Crippen LogP contribution in [-0.2, 0) is 4.74 Å². The van der Waals surface area contributed by atoms with Crippen LogP contribution >= 0.6 is 12.2 Å². The van der Waals surface area contributed by atoms with E-state index in [-0.39, 0.29) is 12.3 Å². The van der Waals surface area contributed by atoms with Crippen LogP contribution in [0.15, 0.2) is 29.3 Å². The Labute approximate surface area is 128 Å². The quantitative estimate of drug-likeness (QED) is 0.288. The zero-order chi connectivity index (χ0) is 15.2. The SMILES string of the molecule is COc1ccccc1C(=S)NNC(C)=NC1OC1CC#N. The fourth-order valence-corrected chi connectivity index (χ4v) is 1.98. The summed E-state index contributed by atoms with van der Waals surface area (Å²) in [4.78, 5) is 4.78. The molecule has 1 heterocycles. The molecule has 0 aliphatic carbocycles. The molecule has 110 valence electrons. The maximum absolute atomic E-state index is 8.54. The van der Waals surface area contributed by atoms with Gasteiger partial charge in [0.2, 0.25) is 0 Å². The Bertz CT molecular complexity index is 597. The van der Waals surface area contributed by atoms with Crippen molar-refractivity contribution in [3.8, 4) is 11.8 Å². The van der Waals surface area contributed by atoms with Crippen molar-refractivity contribution in [3.63, 3.8) is 0 Å². The molecule has 0 amide bonds. The number of ether oxygens (including phenoxy) is 2. The molecule has 2 N–H and O–H groups in total. The summed E-state index contributed by atoms with van der Waals surface area (Å²) < 4.78 is 10.5. The van der Waals surface area contributed by atoms with E-state index in [1.807, 2.05) is 24.3 Å². The summed E-state index contributed by atoms with van der Waals surface area (Å²) in [5.74, 6) is 1.34. The lowest BCUT2D eigenvalue weighted by atomic mass is 10.2. The topological polar surface area (TPSA) is 82.0 Å². The average molecular weight is 304 g/mol. The minimum absolute atomic E-state index is 0.0899. The van der Waals surface area contributed by atoms with Gasteiger partial charge in [-0.05, 0) is 19.1 Å². The first kappa shape index (κ1) is 15.2. The number of epoxide rings is 1. The third kappa shape index (κ3) is 4.15. The monoisotopic (exact) mass is 304 g/mol. The van der Waals surface area contributed by atoms with Gasteiger partial charge >= 0.3 is 0 Å². The summed E-state index contributed by atoms with van der Waals surface area (Å²) in [5, 5.41) is 8.54. The molecule has 2 rings (SSSR count). The van der Waals surface area contributed by atoms with Crippen LogP contribution in [0, 0.1) is 11.3 Å². The number of thiocarbonyl (C=S) groups is 1. The summed E-state index contributed by atoms with van der Waals surface area (Å²) in [6, 6.07) is 9.53. The van der Waals surface area contributed by atoms with Crippen molar-refractivity contribution < 1.29 is 9.47 Å². The van der Waals surface area contributed by atoms with Gasteiger partial charge in [0.15, 0.2) is 6.23 Å². The minimum Gasteiger partial charge on any atom is -0.496 e. The summed E-state index contributed by atoms with van der Waals surface area (Å²) in [7, 11) is 1.60. The molecule has 0 bridgehead atoms. The van der Waals surface area contributed by atoms with Crippen LogP contribution in [0.3, 0.4) is 0 Å². The van der Waals surface area contributed by atoms with Crippen LogP contribution in [-0.4, -0.2) is 30.3 Å². The lowest BCUT2D eigenvalue weighted by Crippen LogP contribution is -2.40. The zero-order valence-corrected chi connectivity index (χ0v) is 12.6. The second-order valence-electron chi connectivity index (χ2n) is 4.42. The first-order chi connectivity index (χ1) is 10.2. The van der Waals surface area contributed by atoms with Crippen molar-refractivity contribution in [2.75, 3.05) is 7.11 Å². The van der Waals surface area contributed by atoms with E-state index < -0.39 is 0 Å². The number of hydrazine groups is 1. The van der Waals surface area contributed by atoms with Gasteiger partial charge in [-0.15, -0.1) is 0 Å². The Hall–Kier alpha value is -2.17. The van der Waals surface area contributed by atoms with Gasteiger partial charge in [-0.3, -0.25) is 10.9 Å². The standard InChI is InChI=1S/C14H16N4O2S/c1-9(16-13-12(20-13)7-8-15)17-18-14(21)10-5-3-4-6-11(10)19-2/h3-6,12-13H,7H2,1-2H3,(H,16,17)(H,18,21). The van der Waals surface area contributed by atoms with Crippen LogP contribution < -0.4 is 15.6 Å². The van der Waals surface area contributed by atoms with E-state index >= 15 is 0 Å². The van der Waals surface area contributed by atoms with E-state index in [0.717, 1.165) is 5.56 Å². The van der Waals surface area contributed by atoms with Gasteiger partial charge in [0.1, 0.15) is 22.7 Å². The third-order valence-corrected chi connectivity index (χ3v) is 3.20. The molecule has 1 aromatic carbocycles. The first-order valence-electron chi connectivity index (χ1n) is 6.42. The molecule has 2 atom stereocenters. The molecule has 0 aromatic heterocycles. The highest BCUT2D eigenvalue weighted by molar-refractivity contribution is 7.80. The number of nitrogens with zero attached hydrogens (tertiary/aromatic N) is 2. The summed E-state index contributed by atoms with van der Waals surface area (Å²) >= 11 is 5.30. The number of benzene rings is 1. The summed E-state index contributed by atoms with van der Waals surface area (Å²) in [5.41, 5.74) is 6.60. The number of hydrogen-bond acceptors (Lipinski definition) is 5.